The fourth-order valence-electron chi connectivity index (χ4n) is 3.09. The van der Waals surface area contributed by atoms with Gasteiger partial charge >= 0.3 is 0 Å². The smallest absolute Gasteiger partial charge is 0.267 e. The van der Waals surface area contributed by atoms with Crippen molar-refractivity contribution in [3.8, 4) is 5.88 Å². The molecule has 1 aliphatic rings. The Balaban J connectivity index is 1.58. The molecule has 4 rings (SSSR count). The maximum Gasteiger partial charge on any atom is 0.267 e. The quantitative estimate of drug-likeness (QED) is 0.716. The van der Waals surface area contributed by atoms with Crippen LogP contribution in [0.2, 0.25) is 0 Å². The highest BCUT2D eigenvalue weighted by Gasteiger charge is 2.44. The van der Waals surface area contributed by atoms with Gasteiger partial charge in [0.25, 0.3) is 5.89 Å². The van der Waals surface area contributed by atoms with Gasteiger partial charge in [0.15, 0.2) is 11.9 Å². The van der Waals surface area contributed by atoms with Crippen molar-refractivity contribution < 1.29 is 9.26 Å². The number of rotatable bonds is 5. The number of aromatic nitrogens is 4. The van der Waals surface area contributed by atoms with Crippen molar-refractivity contribution in [2.75, 3.05) is 0 Å². The van der Waals surface area contributed by atoms with Crippen molar-refractivity contribution in [2.24, 2.45) is 0 Å². The molecule has 1 atom stereocenters. The van der Waals surface area contributed by atoms with E-state index < -0.39 is 0 Å². The van der Waals surface area contributed by atoms with Crippen molar-refractivity contribution >= 4 is 0 Å². The average molecular weight is 322 g/mol. The van der Waals surface area contributed by atoms with Gasteiger partial charge in [0.05, 0.1) is 5.41 Å². The van der Waals surface area contributed by atoms with Gasteiger partial charge in [-0.1, -0.05) is 17.6 Å². The molecular weight excluding hydrogens is 304 g/mol. The highest BCUT2D eigenvalue weighted by Crippen LogP contribution is 2.47. The standard InChI is InChI=1S/C18H18N4O2/c1-13(23-15-5-2-3-10-20-15)16-21-17(22-24-16)18(8-4-9-18)14-6-11-19-12-7-14/h2-3,5-7,10-13H,4,8-9H2,1H3. The van der Waals surface area contributed by atoms with Crippen LogP contribution in [0.1, 0.15) is 49.6 Å². The van der Waals surface area contributed by atoms with E-state index in [1.807, 2.05) is 43.6 Å². The van der Waals surface area contributed by atoms with Gasteiger partial charge in [0, 0.05) is 24.7 Å². The van der Waals surface area contributed by atoms with Crippen molar-refractivity contribution in [1.29, 1.82) is 0 Å². The fourth-order valence-corrected chi connectivity index (χ4v) is 3.09. The molecule has 1 unspecified atom stereocenters. The second kappa shape index (κ2) is 6.03. The number of ether oxygens (including phenoxy) is 1. The topological polar surface area (TPSA) is 73.9 Å². The lowest BCUT2D eigenvalue weighted by Gasteiger charge is -2.39. The van der Waals surface area contributed by atoms with Crippen LogP contribution in [0.5, 0.6) is 5.88 Å². The summed E-state index contributed by atoms with van der Waals surface area (Å²) in [6.07, 6.45) is 8.15. The number of pyridine rings is 2. The maximum atomic E-state index is 5.77. The molecule has 0 amide bonds. The Kier molecular flexibility index (Phi) is 3.72. The van der Waals surface area contributed by atoms with Gasteiger partial charge in [-0.05, 0) is 43.5 Å². The first kappa shape index (κ1) is 14.8. The van der Waals surface area contributed by atoms with Crippen LogP contribution in [0.4, 0.5) is 0 Å². The summed E-state index contributed by atoms with van der Waals surface area (Å²) >= 11 is 0. The molecule has 1 aliphatic carbocycles. The maximum absolute atomic E-state index is 5.77. The minimum atomic E-state index is -0.351. The predicted octanol–water partition coefficient (Wildman–Crippen LogP) is 3.47. The van der Waals surface area contributed by atoms with E-state index in [2.05, 4.69) is 20.1 Å². The van der Waals surface area contributed by atoms with E-state index in [4.69, 9.17) is 9.26 Å². The lowest BCUT2D eigenvalue weighted by atomic mass is 9.64. The van der Waals surface area contributed by atoms with Gasteiger partial charge in [-0.15, -0.1) is 0 Å². The Morgan fingerprint density at radius 1 is 1.12 bits per heavy atom. The molecule has 0 spiro atoms. The van der Waals surface area contributed by atoms with E-state index in [1.165, 1.54) is 5.56 Å². The molecule has 0 N–H and O–H groups in total. The predicted molar refractivity (Wildman–Crippen MR) is 86.4 cm³/mol. The Bertz CT molecular complexity index is 800. The SMILES string of the molecule is CC(Oc1ccccn1)c1nc(C2(c3ccncc3)CCC2)no1. The first-order valence-electron chi connectivity index (χ1n) is 8.10. The molecule has 0 saturated heterocycles. The molecule has 0 aliphatic heterocycles. The molecule has 6 heteroatoms. The summed E-state index contributed by atoms with van der Waals surface area (Å²) in [5, 5.41) is 4.24. The van der Waals surface area contributed by atoms with Crippen LogP contribution in [-0.4, -0.2) is 20.1 Å². The molecule has 24 heavy (non-hydrogen) atoms. The van der Waals surface area contributed by atoms with E-state index in [0.29, 0.717) is 11.8 Å². The molecular formula is C18H18N4O2. The third-order valence-corrected chi connectivity index (χ3v) is 4.59. The van der Waals surface area contributed by atoms with E-state index >= 15 is 0 Å². The highest BCUT2D eigenvalue weighted by molar-refractivity contribution is 5.34. The number of hydrogen-bond donors (Lipinski definition) is 0. The van der Waals surface area contributed by atoms with E-state index in [1.54, 1.807) is 12.3 Å². The van der Waals surface area contributed by atoms with Crippen LogP contribution in [0, 0.1) is 0 Å². The molecule has 3 heterocycles. The van der Waals surface area contributed by atoms with Crippen LogP contribution >= 0.6 is 0 Å². The van der Waals surface area contributed by atoms with Crippen molar-refractivity contribution in [3.05, 3.63) is 66.2 Å². The molecule has 6 nitrogen and oxygen atoms in total. The third-order valence-electron chi connectivity index (χ3n) is 4.59. The minimum Gasteiger partial charge on any atom is -0.465 e. The van der Waals surface area contributed by atoms with Crippen LogP contribution in [0.25, 0.3) is 0 Å². The summed E-state index contributed by atoms with van der Waals surface area (Å²) in [6.45, 7) is 1.88. The zero-order chi connectivity index (χ0) is 16.4. The second-order valence-electron chi connectivity index (χ2n) is 6.06. The van der Waals surface area contributed by atoms with Crippen LogP contribution in [0.15, 0.2) is 53.4 Å². The molecule has 122 valence electrons. The zero-order valence-electron chi connectivity index (χ0n) is 13.4. The molecule has 3 aromatic rings. The van der Waals surface area contributed by atoms with Crippen LogP contribution < -0.4 is 4.74 Å². The van der Waals surface area contributed by atoms with Crippen molar-refractivity contribution in [3.63, 3.8) is 0 Å². The van der Waals surface area contributed by atoms with E-state index in [-0.39, 0.29) is 11.5 Å². The highest BCUT2D eigenvalue weighted by atomic mass is 16.5. The van der Waals surface area contributed by atoms with Gasteiger partial charge in [-0.25, -0.2) is 4.98 Å². The number of nitrogens with zero attached hydrogens (tertiary/aromatic N) is 4. The first-order valence-corrected chi connectivity index (χ1v) is 8.10. The lowest BCUT2D eigenvalue weighted by molar-refractivity contribution is 0.168. The van der Waals surface area contributed by atoms with Gasteiger partial charge < -0.3 is 9.26 Å². The lowest BCUT2D eigenvalue weighted by Crippen LogP contribution is -2.36. The fraction of sp³-hybridized carbons (Fsp3) is 0.333. The Morgan fingerprint density at radius 2 is 1.96 bits per heavy atom. The summed E-state index contributed by atoms with van der Waals surface area (Å²) in [6, 6.07) is 9.59. The monoisotopic (exact) mass is 322 g/mol. The average Bonchev–Trinajstić information content (AvgIpc) is 3.06. The molecule has 0 radical (unpaired) electrons. The largest absolute Gasteiger partial charge is 0.465 e. The van der Waals surface area contributed by atoms with Crippen molar-refractivity contribution in [2.45, 2.75) is 37.7 Å². The molecule has 1 fully saturated rings. The molecule has 0 aromatic carbocycles. The Labute approximate surface area is 139 Å². The zero-order valence-corrected chi connectivity index (χ0v) is 13.4. The second-order valence-corrected chi connectivity index (χ2v) is 6.06. The first-order chi connectivity index (χ1) is 11.8. The van der Waals surface area contributed by atoms with Gasteiger partial charge in [-0.3, -0.25) is 4.98 Å². The third kappa shape index (κ3) is 2.54. The summed E-state index contributed by atoms with van der Waals surface area (Å²) in [4.78, 5) is 12.9. The summed E-state index contributed by atoms with van der Waals surface area (Å²) in [5.41, 5.74) is 1.03. The molecule has 0 bridgehead atoms. The van der Waals surface area contributed by atoms with E-state index in [0.717, 1.165) is 25.1 Å². The van der Waals surface area contributed by atoms with E-state index in [9.17, 15) is 0 Å². The van der Waals surface area contributed by atoms with Gasteiger partial charge in [-0.2, -0.15) is 4.98 Å². The normalized spacial score (nSPS) is 17.0. The molecule has 3 aromatic heterocycles. The van der Waals surface area contributed by atoms with Crippen LogP contribution in [0.3, 0.4) is 0 Å². The Hall–Kier alpha value is -2.76. The van der Waals surface area contributed by atoms with Gasteiger partial charge in [0.1, 0.15) is 0 Å². The minimum absolute atomic E-state index is 0.157. The molecule has 1 saturated carbocycles. The van der Waals surface area contributed by atoms with Gasteiger partial charge in [0.2, 0.25) is 5.88 Å². The summed E-state index contributed by atoms with van der Waals surface area (Å²) in [7, 11) is 0. The Morgan fingerprint density at radius 3 is 2.62 bits per heavy atom. The summed E-state index contributed by atoms with van der Waals surface area (Å²) in [5.74, 6) is 1.74. The van der Waals surface area contributed by atoms with Crippen LogP contribution in [-0.2, 0) is 5.41 Å². The summed E-state index contributed by atoms with van der Waals surface area (Å²) < 4.78 is 11.2. The van der Waals surface area contributed by atoms with Crippen molar-refractivity contribution in [1.82, 2.24) is 20.1 Å². The number of hydrogen-bond acceptors (Lipinski definition) is 6.